The van der Waals surface area contributed by atoms with Gasteiger partial charge in [-0.1, -0.05) is 46.3 Å². The highest BCUT2D eigenvalue weighted by Crippen LogP contribution is 2.31. The summed E-state index contributed by atoms with van der Waals surface area (Å²) in [6, 6.07) is 12.8. The normalized spacial score (nSPS) is 11.7. The second-order valence-electron chi connectivity index (χ2n) is 4.92. The van der Waals surface area contributed by atoms with Crippen molar-refractivity contribution >= 4 is 49.4 Å². The Morgan fingerprint density at radius 1 is 1.13 bits per heavy atom. The molecule has 0 aliphatic rings. The molecular weight excluding hydrogens is 426 g/mol. The van der Waals surface area contributed by atoms with Crippen LogP contribution in [0.1, 0.15) is 28.8 Å². The molecule has 0 aromatic heterocycles. The smallest absolute Gasteiger partial charge is 0.341 e. The fourth-order valence-electron chi connectivity index (χ4n) is 2.12. The highest BCUT2D eigenvalue weighted by atomic mass is 79.9. The molecule has 0 spiro atoms. The first-order valence-electron chi connectivity index (χ1n) is 6.87. The SMILES string of the molecule is COC(=O)c1c(Br)cc(Br)cc1NC(=O)C(C)c1ccccc1. The van der Waals surface area contributed by atoms with Crippen LogP contribution in [0.4, 0.5) is 5.69 Å². The van der Waals surface area contributed by atoms with Crippen LogP contribution in [0.5, 0.6) is 0 Å². The van der Waals surface area contributed by atoms with Crippen molar-refractivity contribution in [1.82, 2.24) is 0 Å². The van der Waals surface area contributed by atoms with E-state index in [1.807, 2.05) is 37.3 Å². The molecule has 1 N–H and O–H groups in total. The number of amides is 1. The molecule has 2 aromatic carbocycles. The number of hydrogen-bond donors (Lipinski definition) is 1. The summed E-state index contributed by atoms with van der Waals surface area (Å²) in [5.41, 5.74) is 1.58. The van der Waals surface area contributed by atoms with Gasteiger partial charge >= 0.3 is 5.97 Å². The maximum atomic E-state index is 12.5. The summed E-state index contributed by atoms with van der Waals surface area (Å²) in [5.74, 6) is -1.07. The molecule has 0 bridgehead atoms. The zero-order chi connectivity index (χ0) is 17.0. The molecular formula is C17H15Br2NO3. The Morgan fingerprint density at radius 3 is 2.39 bits per heavy atom. The average Bonchev–Trinajstić information content (AvgIpc) is 2.53. The van der Waals surface area contributed by atoms with E-state index in [1.165, 1.54) is 7.11 Å². The van der Waals surface area contributed by atoms with E-state index in [1.54, 1.807) is 12.1 Å². The van der Waals surface area contributed by atoms with Gasteiger partial charge in [-0.15, -0.1) is 0 Å². The summed E-state index contributed by atoms with van der Waals surface area (Å²) in [4.78, 5) is 24.5. The van der Waals surface area contributed by atoms with E-state index >= 15 is 0 Å². The van der Waals surface area contributed by atoms with Crippen molar-refractivity contribution in [3.63, 3.8) is 0 Å². The molecule has 0 heterocycles. The zero-order valence-electron chi connectivity index (χ0n) is 12.6. The highest BCUT2D eigenvalue weighted by molar-refractivity contribution is 9.11. The van der Waals surface area contributed by atoms with Crippen LogP contribution in [0.3, 0.4) is 0 Å². The first-order valence-corrected chi connectivity index (χ1v) is 8.45. The van der Waals surface area contributed by atoms with E-state index in [2.05, 4.69) is 37.2 Å². The maximum absolute atomic E-state index is 12.5. The molecule has 0 aliphatic carbocycles. The van der Waals surface area contributed by atoms with Gasteiger partial charge in [0.15, 0.2) is 0 Å². The molecule has 1 atom stereocenters. The molecule has 0 saturated heterocycles. The Bertz CT molecular complexity index is 732. The molecule has 2 rings (SSSR count). The van der Waals surface area contributed by atoms with Crippen LogP contribution in [0.2, 0.25) is 0 Å². The van der Waals surface area contributed by atoms with Crippen LogP contribution in [0.15, 0.2) is 51.4 Å². The summed E-state index contributed by atoms with van der Waals surface area (Å²) in [6.45, 7) is 1.81. The van der Waals surface area contributed by atoms with Gasteiger partial charge < -0.3 is 10.1 Å². The van der Waals surface area contributed by atoms with Gasteiger partial charge in [0.05, 0.1) is 24.3 Å². The number of rotatable bonds is 4. The molecule has 0 radical (unpaired) electrons. The minimum Gasteiger partial charge on any atom is -0.465 e. The fourth-order valence-corrected chi connectivity index (χ4v) is 3.50. The van der Waals surface area contributed by atoms with Crippen LogP contribution in [0, 0.1) is 0 Å². The Balaban J connectivity index is 2.32. The van der Waals surface area contributed by atoms with Gasteiger partial charge in [-0.3, -0.25) is 4.79 Å². The van der Waals surface area contributed by atoms with E-state index < -0.39 is 5.97 Å². The van der Waals surface area contributed by atoms with Crippen molar-refractivity contribution in [3.05, 3.63) is 62.5 Å². The van der Waals surface area contributed by atoms with E-state index in [0.717, 1.165) is 10.0 Å². The van der Waals surface area contributed by atoms with Crippen LogP contribution < -0.4 is 5.32 Å². The van der Waals surface area contributed by atoms with Crippen LogP contribution >= 0.6 is 31.9 Å². The lowest BCUT2D eigenvalue weighted by Gasteiger charge is -2.16. The van der Waals surface area contributed by atoms with Crippen molar-refractivity contribution in [2.45, 2.75) is 12.8 Å². The summed E-state index contributed by atoms with van der Waals surface area (Å²) in [7, 11) is 1.30. The number of carbonyl (C=O) groups excluding carboxylic acids is 2. The quantitative estimate of drug-likeness (QED) is 0.698. The summed E-state index contributed by atoms with van der Waals surface area (Å²) in [6.07, 6.45) is 0. The van der Waals surface area contributed by atoms with Gasteiger partial charge in [0.2, 0.25) is 5.91 Å². The predicted octanol–water partition coefficient (Wildman–Crippen LogP) is 4.74. The van der Waals surface area contributed by atoms with Crippen molar-refractivity contribution in [3.8, 4) is 0 Å². The molecule has 1 unspecified atom stereocenters. The lowest BCUT2D eigenvalue weighted by atomic mass is 10.0. The number of nitrogens with one attached hydrogen (secondary N) is 1. The number of hydrogen-bond acceptors (Lipinski definition) is 3. The number of ether oxygens (including phenoxy) is 1. The van der Waals surface area contributed by atoms with Gasteiger partial charge in [0, 0.05) is 8.95 Å². The molecule has 0 saturated carbocycles. The number of esters is 1. The van der Waals surface area contributed by atoms with Gasteiger partial charge in [0.1, 0.15) is 0 Å². The number of methoxy groups -OCH3 is 1. The highest BCUT2D eigenvalue weighted by Gasteiger charge is 2.21. The molecule has 0 aliphatic heterocycles. The number of carbonyl (C=O) groups is 2. The molecule has 0 fully saturated rings. The van der Waals surface area contributed by atoms with Gasteiger partial charge in [0.25, 0.3) is 0 Å². The minimum atomic E-state index is -0.521. The summed E-state index contributed by atoms with van der Waals surface area (Å²) in [5, 5.41) is 2.81. The van der Waals surface area contributed by atoms with Gasteiger partial charge in [-0.05, 0) is 40.5 Å². The molecule has 1 amide bonds. The summed E-state index contributed by atoms with van der Waals surface area (Å²) >= 11 is 6.69. The van der Waals surface area contributed by atoms with Crippen molar-refractivity contribution in [2.24, 2.45) is 0 Å². The van der Waals surface area contributed by atoms with E-state index in [4.69, 9.17) is 4.74 Å². The molecule has 120 valence electrons. The molecule has 23 heavy (non-hydrogen) atoms. The van der Waals surface area contributed by atoms with Crippen molar-refractivity contribution in [1.29, 1.82) is 0 Å². The second kappa shape index (κ2) is 7.75. The molecule has 6 heteroatoms. The standard InChI is InChI=1S/C17H15Br2NO3/c1-10(11-6-4-3-5-7-11)16(21)20-14-9-12(18)8-13(19)15(14)17(22)23-2/h3-10H,1-2H3,(H,20,21). The van der Waals surface area contributed by atoms with Gasteiger partial charge in [-0.2, -0.15) is 0 Å². The van der Waals surface area contributed by atoms with Crippen LogP contribution in [-0.2, 0) is 9.53 Å². The molecule has 4 nitrogen and oxygen atoms in total. The average molecular weight is 441 g/mol. The lowest BCUT2D eigenvalue weighted by Crippen LogP contribution is -2.21. The van der Waals surface area contributed by atoms with Crippen molar-refractivity contribution < 1.29 is 14.3 Å². The van der Waals surface area contributed by atoms with E-state index in [-0.39, 0.29) is 17.4 Å². The third kappa shape index (κ3) is 4.20. The van der Waals surface area contributed by atoms with Crippen molar-refractivity contribution in [2.75, 3.05) is 12.4 Å². The topological polar surface area (TPSA) is 55.4 Å². The lowest BCUT2D eigenvalue weighted by molar-refractivity contribution is -0.117. The minimum absolute atomic E-state index is 0.202. The zero-order valence-corrected chi connectivity index (χ0v) is 15.8. The van der Waals surface area contributed by atoms with Crippen LogP contribution in [0.25, 0.3) is 0 Å². The Hall–Kier alpha value is -1.66. The first-order chi connectivity index (χ1) is 10.9. The third-order valence-electron chi connectivity index (χ3n) is 3.40. The Labute approximate surface area is 151 Å². The maximum Gasteiger partial charge on any atom is 0.341 e. The van der Waals surface area contributed by atoms with E-state index in [9.17, 15) is 9.59 Å². The largest absolute Gasteiger partial charge is 0.465 e. The summed E-state index contributed by atoms with van der Waals surface area (Å²) < 4.78 is 6.07. The number of benzene rings is 2. The van der Waals surface area contributed by atoms with E-state index in [0.29, 0.717) is 10.2 Å². The first kappa shape index (κ1) is 17.7. The van der Waals surface area contributed by atoms with Gasteiger partial charge in [-0.25, -0.2) is 4.79 Å². The number of halogens is 2. The van der Waals surface area contributed by atoms with Crippen LogP contribution in [-0.4, -0.2) is 19.0 Å². The predicted molar refractivity (Wildman–Crippen MR) is 96.7 cm³/mol. The molecule has 2 aromatic rings. The third-order valence-corrected chi connectivity index (χ3v) is 4.48. The monoisotopic (exact) mass is 439 g/mol. The Morgan fingerprint density at radius 2 is 1.78 bits per heavy atom. The second-order valence-corrected chi connectivity index (χ2v) is 6.69. The Kier molecular flexibility index (Phi) is 5.96. The number of anilines is 1. The fraction of sp³-hybridized carbons (Fsp3) is 0.176.